The lowest BCUT2D eigenvalue weighted by Gasteiger charge is -2.26. The first-order chi connectivity index (χ1) is 6.27. The van der Waals surface area contributed by atoms with Crippen LogP contribution in [0.5, 0.6) is 0 Å². The summed E-state index contributed by atoms with van der Waals surface area (Å²) in [6.45, 7) is 4.26. The number of aliphatic hydroxyl groups is 1. The van der Waals surface area contributed by atoms with Crippen LogP contribution in [0.25, 0.3) is 0 Å². The molecule has 1 saturated carbocycles. The van der Waals surface area contributed by atoms with Crippen LogP contribution in [0.4, 0.5) is 0 Å². The lowest BCUT2D eigenvalue weighted by Crippen LogP contribution is -2.34. The topological polar surface area (TPSA) is 40.5 Å². The van der Waals surface area contributed by atoms with Crippen molar-refractivity contribution in [3.8, 4) is 0 Å². The Labute approximate surface area is 79.7 Å². The Kier molecular flexibility index (Phi) is 4.39. The molecule has 0 heterocycles. The third-order valence-corrected chi connectivity index (χ3v) is 2.75. The Balaban J connectivity index is 2.33. The molecule has 1 rings (SSSR count). The Morgan fingerprint density at radius 1 is 1.62 bits per heavy atom. The van der Waals surface area contributed by atoms with E-state index < -0.39 is 0 Å². The molecule has 0 aromatic heterocycles. The average molecular weight is 185 g/mol. The number of carbonyl (C=O) groups is 1. The first kappa shape index (κ1) is 10.7. The van der Waals surface area contributed by atoms with Crippen LogP contribution in [0.3, 0.4) is 0 Å². The molecule has 1 fully saturated rings. The van der Waals surface area contributed by atoms with Crippen LogP contribution in [0, 0.1) is 0 Å². The van der Waals surface area contributed by atoms with E-state index in [-0.39, 0.29) is 6.61 Å². The number of nitrogens with zero attached hydrogens (tertiary/aromatic N) is 1. The van der Waals surface area contributed by atoms with Crippen molar-refractivity contribution in [2.24, 2.45) is 0 Å². The molecule has 0 spiro atoms. The van der Waals surface area contributed by atoms with Crippen LogP contribution in [-0.2, 0) is 4.79 Å². The van der Waals surface area contributed by atoms with Gasteiger partial charge in [0, 0.05) is 32.0 Å². The van der Waals surface area contributed by atoms with Crippen molar-refractivity contribution in [1.29, 1.82) is 0 Å². The smallest absolute Gasteiger partial charge is 0.134 e. The second kappa shape index (κ2) is 5.35. The number of ketones is 1. The van der Waals surface area contributed by atoms with Crippen molar-refractivity contribution >= 4 is 5.78 Å². The van der Waals surface area contributed by atoms with Gasteiger partial charge < -0.3 is 10.0 Å². The molecule has 13 heavy (non-hydrogen) atoms. The molecule has 0 aliphatic heterocycles. The van der Waals surface area contributed by atoms with Crippen LogP contribution in [0.2, 0.25) is 0 Å². The van der Waals surface area contributed by atoms with Crippen molar-refractivity contribution in [2.75, 3.05) is 19.7 Å². The third-order valence-electron chi connectivity index (χ3n) is 2.75. The minimum Gasteiger partial charge on any atom is -0.396 e. The van der Waals surface area contributed by atoms with Gasteiger partial charge in [0.2, 0.25) is 0 Å². The normalized spacial score (nSPS) is 23.0. The second-order valence-corrected chi connectivity index (χ2v) is 3.64. The van der Waals surface area contributed by atoms with Gasteiger partial charge in [-0.05, 0) is 19.4 Å². The molecule has 0 bridgehead atoms. The monoisotopic (exact) mass is 185 g/mol. The molecule has 3 heteroatoms. The van der Waals surface area contributed by atoms with Crippen molar-refractivity contribution in [1.82, 2.24) is 4.90 Å². The summed E-state index contributed by atoms with van der Waals surface area (Å²) in [5.74, 6) is 0.396. The average Bonchev–Trinajstić information content (AvgIpc) is 2.54. The Bertz CT molecular complexity index is 170. The summed E-state index contributed by atoms with van der Waals surface area (Å²) >= 11 is 0. The van der Waals surface area contributed by atoms with Gasteiger partial charge >= 0.3 is 0 Å². The fourth-order valence-electron chi connectivity index (χ4n) is 1.98. The fourth-order valence-corrected chi connectivity index (χ4v) is 1.98. The summed E-state index contributed by atoms with van der Waals surface area (Å²) in [7, 11) is 0. The largest absolute Gasteiger partial charge is 0.396 e. The van der Waals surface area contributed by atoms with Crippen LogP contribution in [0.15, 0.2) is 0 Å². The first-order valence-electron chi connectivity index (χ1n) is 5.14. The maximum atomic E-state index is 11.1. The lowest BCUT2D eigenvalue weighted by molar-refractivity contribution is -0.117. The standard InChI is InChI=1S/C10H19NO2/c1-2-11(6-3-7-12)9-4-5-10(13)8-9/h9,12H,2-8H2,1H3. The van der Waals surface area contributed by atoms with Gasteiger partial charge in [-0.1, -0.05) is 6.92 Å². The SMILES string of the molecule is CCN(CCCO)C1CCC(=O)C1. The highest BCUT2D eigenvalue weighted by molar-refractivity contribution is 5.81. The van der Waals surface area contributed by atoms with Gasteiger partial charge in [0.05, 0.1) is 0 Å². The number of rotatable bonds is 5. The summed E-state index contributed by atoms with van der Waals surface area (Å²) in [6.07, 6.45) is 3.30. The van der Waals surface area contributed by atoms with Gasteiger partial charge in [-0.25, -0.2) is 0 Å². The van der Waals surface area contributed by atoms with Crippen LogP contribution in [-0.4, -0.2) is 41.5 Å². The highest BCUT2D eigenvalue weighted by Gasteiger charge is 2.26. The zero-order valence-electron chi connectivity index (χ0n) is 8.33. The molecule has 0 aromatic rings. The van der Waals surface area contributed by atoms with E-state index in [1.165, 1.54) is 0 Å². The van der Waals surface area contributed by atoms with Gasteiger partial charge in [-0.3, -0.25) is 4.79 Å². The van der Waals surface area contributed by atoms with E-state index >= 15 is 0 Å². The summed E-state index contributed by atoms with van der Waals surface area (Å²) in [6, 6.07) is 0.448. The summed E-state index contributed by atoms with van der Waals surface area (Å²) in [5.41, 5.74) is 0. The Morgan fingerprint density at radius 2 is 2.38 bits per heavy atom. The van der Waals surface area contributed by atoms with Gasteiger partial charge in [0.1, 0.15) is 5.78 Å². The summed E-state index contributed by atoms with van der Waals surface area (Å²) in [4.78, 5) is 13.4. The predicted octanol–water partition coefficient (Wildman–Crippen LogP) is 0.812. The van der Waals surface area contributed by atoms with E-state index in [0.29, 0.717) is 11.8 Å². The maximum absolute atomic E-state index is 11.1. The zero-order valence-corrected chi connectivity index (χ0v) is 8.33. The first-order valence-corrected chi connectivity index (χ1v) is 5.14. The minimum absolute atomic E-state index is 0.247. The zero-order chi connectivity index (χ0) is 9.68. The highest BCUT2D eigenvalue weighted by atomic mass is 16.3. The number of Topliss-reactive ketones (excluding diaryl/α,β-unsaturated/α-hetero) is 1. The van der Waals surface area contributed by atoms with Crippen molar-refractivity contribution in [2.45, 2.75) is 38.6 Å². The molecule has 1 atom stereocenters. The van der Waals surface area contributed by atoms with Crippen molar-refractivity contribution < 1.29 is 9.90 Å². The van der Waals surface area contributed by atoms with E-state index in [9.17, 15) is 4.79 Å². The van der Waals surface area contributed by atoms with Crippen LogP contribution < -0.4 is 0 Å². The lowest BCUT2D eigenvalue weighted by atomic mass is 10.2. The molecule has 0 aromatic carbocycles. The number of hydrogen-bond acceptors (Lipinski definition) is 3. The number of aliphatic hydroxyl groups excluding tert-OH is 1. The van der Waals surface area contributed by atoms with E-state index in [1.807, 2.05) is 0 Å². The fraction of sp³-hybridized carbons (Fsp3) is 0.900. The van der Waals surface area contributed by atoms with Crippen LogP contribution in [0.1, 0.15) is 32.6 Å². The van der Waals surface area contributed by atoms with E-state index in [0.717, 1.165) is 38.8 Å². The summed E-state index contributed by atoms with van der Waals surface area (Å²) < 4.78 is 0. The van der Waals surface area contributed by atoms with Gasteiger partial charge in [0.25, 0.3) is 0 Å². The van der Waals surface area contributed by atoms with Gasteiger partial charge in [-0.15, -0.1) is 0 Å². The third kappa shape index (κ3) is 3.08. The predicted molar refractivity (Wildman–Crippen MR) is 51.6 cm³/mol. The molecule has 1 aliphatic rings. The molecule has 76 valence electrons. The quantitative estimate of drug-likeness (QED) is 0.689. The van der Waals surface area contributed by atoms with Gasteiger partial charge in [0.15, 0.2) is 0 Å². The molecule has 0 saturated heterocycles. The van der Waals surface area contributed by atoms with Crippen LogP contribution >= 0.6 is 0 Å². The molecule has 1 aliphatic carbocycles. The number of hydrogen-bond donors (Lipinski definition) is 1. The maximum Gasteiger partial charge on any atom is 0.134 e. The molecule has 1 N–H and O–H groups in total. The molecule has 0 radical (unpaired) electrons. The molecule has 3 nitrogen and oxygen atoms in total. The molecular weight excluding hydrogens is 166 g/mol. The van der Waals surface area contributed by atoms with Gasteiger partial charge in [-0.2, -0.15) is 0 Å². The number of carbonyl (C=O) groups excluding carboxylic acids is 1. The summed E-state index contributed by atoms with van der Waals surface area (Å²) in [5, 5.41) is 8.71. The molecule has 0 amide bonds. The Morgan fingerprint density at radius 3 is 2.85 bits per heavy atom. The van der Waals surface area contributed by atoms with Crippen molar-refractivity contribution in [3.05, 3.63) is 0 Å². The van der Waals surface area contributed by atoms with E-state index in [2.05, 4.69) is 11.8 Å². The Hall–Kier alpha value is -0.410. The van der Waals surface area contributed by atoms with Crippen molar-refractivity contribution in [3.63, 3.8) is 0 Å². The molecular formula is C10H19NO2. The highest BCUT2D eigenvalue weighted by Crippen LogP contribution is 2.20. The second-order valence-electron chi connectivity index (χ2n) is 3.64. The molecule has 1 unspecified atom stereocenters. The van der Waals surface area contributed by atoms with E-state index in [1.54, 1.807) is 0 Å². The van der Waals surface area contributed by atoms with E-state index in [4.69, 9.17) is 5.11 Å². The minimum atomic E-state index is 0.247.